The zero-order chi connectivity index (χ0) is 18.6. The zero-order valence-corrected chi connectivity index (χ0v) is 14.4. The number of carbonyl (C=O) groups is 1. The van der Waals surface area contributed by atoms with Gasteiger partial charge in [0.2, 0.25) is 0 Å². The van der Waals surface area contributed by atoms with Crippen molar-refractivity contribution < 1.29 is 4.79 Å². The lowest BCUT2D eigenvalue weighted by Gasteiger charge is -2.08. The lowest BCUT2D eigenvalue weighted by molar-refractivity contribution is 0.0949. The largest absolute Gasteiger partial charge is 0.348 e. The second kappa shape index (κ2) is 7.25. The standard InChI is InChI=1S/C20H17N5O2/c26-19(17-12-22-18-3-1-2-9-25(18)20(17)27)23-11-15-4-6-16(7-5-15)13-24-10-8-21-14-24/h1-10,12,14H,11,13H2,(H,23,26). The number of aromatic nitrogens is 4. The number of nitrogens with zero attached hydrogens (tertiary/aromatic N) is 4. The summed E-state index contributed by atoms with van der Waals surface area (Å²) in [6.45, 7) is 1.08. The Hall–Kier alpha value is -3.74. The molecular formula is C20H17N5O2. The zero-order valence-electron chi connectivity index (χ0n) is 14.4. The molecule has 0 unspecified atom stereocenters. The molecule has 0 aliphatic carbocycles. The number of benzene rings is 1. The fourth-order valence-electron chi connectivity index (χ4n) is 2.81. The number of carbonyl (C=O) groups excluding carboxylic acids is 1. The molecule has 4 rings (SSSR count). The van der Waals surface area contributed by atoms with Gasteiger partial charge in [0, 0.05) is 37.9 Å². The van der Waals surface area contributed by atoms with Crippen LogP contribution in [-0.4, -0.2) is 24.8 Å². The number of hydrogen-bond acceptors (Lipinski definition) is 4. The van der Waals surface area contributed by atoms with Gasteiger partial charge < -0.3 is 9.88 Å². The first-order chi connectivity index (χ1) is 13.2. The predicted molar refractivity (Wildman–Crippen MR) is 100 cm³/mol. The van der Waals surface area contributed by atoms with Crippen LogP contribution in [0.15, 0.2) is 78.4 Å². The van der Waals surface area contributed by atoms with Crippen molar-refractivity contribution in [2.45, 2.75) is 13.1 Å². The Bertz CT molecular complexity index is 1130. The van der Waals surface area contributed by atoms with Crippen LogP contribution in [0.1, 0.15) is 21.5 Å². The molecule has 0 saturated heterocycles. The van der Waals surface area contributed by atoms with Crippen LogP contribution in [0.2, 0.25) is 0 Å². The molecular weight excluding hydrogens is 342 g/mol. The van der Waals surface area contributed by atoms with E-state index in [0.717, 1.165) is 17.7 Å². The van der Waals surface area contributed by atoms with Crippen molar-refractivity contribution in [3.63, 3.8) is 0 Å². The van der Waals surface area contributed by atoms with Crippen LogP contribution in [0.25, 0.3) is 5.65 Å². The molecule has 0 radical (unpaired) electrons. The molecule has 3 heterocycles. The summed E-state index contributed by atoms with van der Waals surface area (Å²) in [4.78, 5) is 33.0. The summed E-state index contributed by atoms with van der Waals surface area (Å²) >= 11 is 0. The summed E-state index contributed by atoms with van der Waals surface area (Å²) in [5, 5.41) is 2.78. The number of nitrogens with one attached hydrogen (secondary N) is 1. The van der Waals surface area contributed by atoms with Gasteiger partial charge in [-0.3, -0.25) is 14.0 Å². The highest BCUT2D eigenvalue weighted by atomic mass is 16.2. The molecule has 7 nitrogen and oxygen atoms in total. The fourth-order valence-corrected chi connectivity index (χ4v) is 2.81. The third-order valence-electron chi connectivity index (χ3n) is 4.26. The van der Waals surface area contributed by atoms with Gasteiger partial charge in [-0.2, -0.15) is 0 Å². The molecule has 0 saturated carbocycles. The average Bonchev–Trinajstić information content (AvgIpc) is 3.21. The van der Waals surface area contributed by atoms with E-state index in [1.807, 2.05) is 35.0 Å². The Morgan fingerprint density at radius 1 is 1.04 bits per heavy atom. The van der Waals surface area contributed by atoms with Gasteiger partial charge in [0.25, 0.3) is 11.5 Å². The molecule has 0 atom stereocenters. The van der Waals surface area contributed by atoms with Crippen LogP contribution in [-0.2, 0) is 13.1 Å². The molecule has 0 aliphatic rings. The molecule has 3 aromatic heterocycles. The lowest BCUT2D eigenvalue weighted by atomic mass is 10.1. The highest BCUT2D eigenvalue weighted by Gasteiger charge is 2.12. The maximum atomic E-state index is 12.4. The number of pyridine rings is 1. The van der Waals surface area contributed by atoms with Gasteiger partial charge in [-0.25, -0.2) is 9.97 Å². The second-order valence-electron chi connectivity index (χ2n) is 6.14. The Morgan fingerprint density at radius 3 is 2.63 bits per heavy atom. The number of hydrogen-bond donors (Lipinski definition) is 1. The van der Waals surface area contributed by atoms with Gasteiger partial charge in [0.1, 0.15) is 11.2 Å². The normalized spacial score (nSPS) is 10.8. The van der Waals surface area contributed by atoms with E-state index < -0.39 is 5.91 Å². The quantitative estimate of drug-likeness (QED) is 0.590. The first-order valence-corrected chi connectivity index (χ1v) is 8.49. The molecule has 0 fully saturated rings. The van der Waals surface area contributed by atoms with Gasteiger partial charge in [-0.15, -0.1) is 0 Å². The molecule has 27 heavy (non-hydrogen) atoms. The first kappa shape index (κ1) is 16.7. The molecule has 4 aromatic rings. The van der Waals surface area contributed by atoms with E-state index in [0.29, 0.717) is 12.2 Å². The number of imidazole rings is 1. The third-order valence-corrected chi connectivity index (χ3v) is 4.26. The van der Waals surface area contributed by atoms with Crippen LogP contribution >= 0.6 is 0 Å². The molecule has 134 valence electrons. The molecule has 7 heteroatoms. The summed E-state index contributed by atoms with van der Waals surface area (Å²) in [7, 11) is 0. The Labute approximate surface area is 155 Å². The SMILES string of the molecule is O=C(NCc1ccc(Cn2ccnc2)cc1)c1cnc2ccccn2c1=O. The fraction of sp³-hybridized carbons (Fsp3) is 0.100. The van der Waals surface area contributed by atoms with Crippen LogP contribution < -0.4 is 10.9 Å². The van der Waals surface area contributed by atoms with E-state index in [9.17, 15) is 9.59 Å². The molecule has 1 N–H and O–H groups in total. The maximum absolute atomic E-state index is 12.4. The van der Waals surface area contributed by atoms with Crippen molar-refractivity contribution in [3.05, 3.63) is 101 Å². The van der Waals surface area contributed by atoms with E-state index in [1.165, 1.54) is 10.6 Å². The number of amides is 1. The molecule has 0 aliphatic heterocycles. The van der Waals surface area contributed by atoms with Crippen LogP contribution in [0.3, 0.4) is 0 Å². The van der Waals surface area contributed by atoms with Crippen LogP contribution in [0.4, 0.5) is 0 Å². The summed E-state index contributed by atoms with van der Waals surface area (Å²) in [6, 6.07) is 13.2. The smallest absolute Gasteiger partial charge is 0.270 e. The van der Waals surface area contributed by atoms with Gasteiger partial charge in [-0.05, 0) is 23.3 Å². The van der Waals surface area contributed by atoms with Crippen molar-refractivity contribution in [1.29, 1.82) is 0 Å². The van der Waals surface area contributed by atoms with Crippen LogP contribution in [0, 0.1) is 0 Å². The third kappa shape index (κ3) is 3.62. The summed E-state index contributed by atoms with van der Waals surface area (Å²) < 4.78 is 3.34. The Morgan fingerprint density at radius 2 is 1.85 bits per heavy atom. The van der Waals surface area contributed by atoms with Gasteiger partial charge in [0.05, 0.1) is 6.33 Å². The Balaban J connectivity index is 1.43. The van der Waals surface area contributed by atoms with E-state index >= 15 is 0 Å². The van der Waals surface area contributed by atoms with Gasteiger partial charge in [0.15, 0.2) is 0 Å². The minimum atomic E-state index is -0.437. The number of fused-ring (bicyclic) bond motifs is 1. The first-order valence-electron chi connectivity index (χ1n) is 8.49. The van der Waals surface area contributed by atoms with Crippen molar-refractivity contribution in [2.75, 3.05) is 0 Å². The van der Waals surface area contributed by atoms with Crippen LogP contribution in [0.5, 0.6) is 0 Å². The molecule has 0 bridgehead atoms. The molecule has 1 amide bonds. The van der Waals surface area contributed by atoms with Crippen molar-refractivity contribution >= 4 is 11.6 Å². The lowest BCUT2D eigenvalue weighted by Crippen LogP contribution is -2.31. The second-order valence-corrected chi connectivity index (χ2v) is 6.14. The molecule has 1 aromatic carbocycles. The predicted octanol–water partition coefficient (Wildman–Crippen LogP) is 1.87. The van der Waals surface area contributed by atoms with Gasteiger partial charge >= 0.3 is 0 Å². The summed E-state index contributed by atoms with van der Waals surface area (Å²) in [5.41, 5.74) is 2.24. The van der Waals surface area contributed by atoms with E-state index in [1.54, 1.807) is 36.9 Å². The minimum Gasteiger partial charge on any atom is -0.348 e. The number of rotatable bonds is 5. The van der Waals surface area contributed by atoms with Crippen molar-refractivity contribution in [1.82, 2.24) is 24.3 Å². The average molecular weight is 359 g/mol. The van der Waals surface area contributed by atoms with E-state index in [-0.39, 0.29) is 11.1 Å². The van der Waals surface area contributed by atoms with Crippen molar-refractivity contribution in [2.24, 2.45) is 0 Å². The Kier molecular flexibility index (Phi) is 4.49. The van der Waals surface area contributed by atoms with E-state index in [4.69, 9.17) is 0 Å². The molecule has 0 spiro atoms. The van der Waals surface area contributed by atoms with Crippen molar-refractivity contribution in [3.8, 4) is 0 Å². The van der Waals surface area contributed by atoms with Gasteiger partial charge in [-0.1, -0.05) is 30.3 Å². The minimum absolute atomic E-state index is 0.0235. The highest BCUT2D eigenvalue weighted by molar-refractivity contribution is 5.93. The summed E-state index contributed by atoms with van der Waals surface area (Å²) in [6.07, 6.45) is 8.34. The monoisotopic (exact) mass is 359 g/mol. The topological polar surface area (TPSA) is 81.3 Å². The highest BCUT2D eigenvalue weighted by Crippen LogP contribution is 2.07. The maximum Gasteiger partial charge on any atom is 0.270 e. The summed E-state index contributed by atoms with van der Waals surface area (Å²) in [5.74, 6) is -0.437. The van der Waals surface area contributed by atoms with E-state index in [2.05, 4.69) is 15.3 Å².